The number of thiazole rings is 1. The van der Waals surface area contributed by atoms with E-state index >= 15 is 0 Å². The molecule has 2 aromatic carbocycles. The van der Waals surface area contributed by atoms with Gasteiger partial charge in [-0.2, -0.15) is 0 Å². The quantitative estimate of drug-likeness (QED) is 0.621. The SMILES string of the molecule is O=Cc1ccccc1OCC(=O)N1CCCCC1c1nc2ccccc2s1. The third kappa shape index (κ3) is 3.71. The predicted molar refractivity (Wildman–Crippen MR) is 105 cm³/mol. The van der Waals surface area contributed by atoms with Crippen LogP contribution < -0.4 is 4.74 Å². The fraction of sp³-hybridized carbons (Fsp3) is 0.286. The molecule has 0 saturated carbocycles. The largest absolute Gasteiger partial charge is 0.483 e. The van der Waals surface area contributed by atoms with Crippen molar-refractivity contribution in [3.05, 3.63) is 59.1 Å². The van der Waals surface area contributed by atoms with Crippen LogP contribution in [0.25, 0.3) is 10.2 Å². The molecule has 3 aromatic rings. The van der Waals surface area contributed by atoms with Crippen molar-refractivity contribution < 1.29 is 14.3 Å². The molecular weight excluding hydrogens is 360 g/mol. The van der Waals surface area contributed by atoms with E-state index in [1.807, 2.05) is 23.1 Å². The lowest BCUT2D eigenvalue weighted by molar-refractivity contribution is -0.137. The zero-order valence-corrected chi connectivity index (χ0v) is 15.7. The van der Waals surface area contributed by atoms with Gasteiger partial charge in [-0.15, -0.1) is 11.3 Å². The van der Waals surface area contributed by atoms with Crippen molar-refractivity contribution in [2.24, 2.45) is 0 Å². The Hall–Kier alpha value is -2.73. The third-order valence-electron chi connectivity index (χ3n) is 4.82. The van der Waals surface area contributed by atoms with Gasteiger partial charge in [0.1, 0.15) is 10.8 Å². The zero-order valence-electron chi connectivity index (χ0n) is 14.8. The van der Waals surface area contributed by atoms with Crippen molar-refractivity contribution >= 4 is 33.7 Å². The molecule has 4 rings (SSSR count). The number of benzene rings is 2. The smallest absolute Gasteiger partial charge is 0.261 e. The summed E-state index contributed by atoms with van der Waals surface area (Å²) in [6.07, 6.45) is 3.72. The second-order valence-electron chi connectivity index (χ2n) is 6.56. The lowest BCUT2D eigenvalue weighted by Gasteiger charge is -2.34. The fourth-order valence-electron chi connectivity index (χ4n) is 3.45. The Morgan fingerprint density at radius 3 is 2.85 bits per heavy atom. The maximum absolute atomic E-state index is 12.9. The maximum Gasteiger partial charge on any atom is 0.261 e. The molecule has 1 atom stereocenters. The Labute approximate surface area is 161 Å². The number of hydrogen-bond donors (Lipinski definition) is 0. The first-order chi connectivity index (χ1) is 13.3. The number of aldehydes is 1. The van der Waals surface area contributed by atoms with Gasteiger partial charge >= 0.3 is 0 Å². The lowest BCUT2D eigenvalue weighted by atomic mass is 10.0. The number of hydrogen-bond acceptors (Lipinski definition) is 5. The molecule has 1 aromatic heterocycles. The van der Waals surface area contributed by atoms with Crippen LogP contribution in [0.3, 0.4) is 0 Å². The summed E-state index contributed by atoms with van der Waals surface area (Å²) in [6.45, 7) is 0.629. The van der Waals surface area contributed by atoms with Gasteiger partial charge in [-0.25, -0.2) is 4.98 Å². The van der Waals surface area contributed by atoms with Crippen LogP contribution >= 0.6 is 11.3 Å². The molecule has 0 bridgehead atoms. The van der Waals surface area contributed by atoms with Gasteiger partial charge in [-0.1, -0.05) is 24.3 Å². The van der Waals surface area contributed by atoms with Crippen molar-refractivity contribution in [2.45, 2.75) is 25.3 Å². The number of amides is 1. The molecule has 6 heteroatoms. The number of likely N-dealkylation sites (tertiary alicyclic amines) is 1. The van der Waals surface area contributed by atoms with Crippen LogP contribution in [0.2, 0.25) is 0 Å². The molecule has 1 fully saturated rings. The van der Waals surface area contributed by atoms with E-state index in [-0.39, 0.29) is 18.6 Å². The van der Waals surface area contributed by atoms with Crippen molar-refractivity contribution in [3.8, 4) is 5.75 Å². The van der Waals surface area contributed by atoms with Gasteiger partial charge in [0, 0.05) is 6.54 Å². The molecule has 5 nitrogen and oxygen atoms in total. The Kier molecular flexibility index (Phi) is 5.16. The minimum atomic E-state index is -0.0771. The first kappa shape index (κ1) is 17.7. The molecule has 27 heavy (non-hydrogen) atoms. The number of aromatic nitrogens is 1. The van der Waals surface area contributed by atoms with Crippen molar-refractivity contribution in [1.82, 2.24) is 9.88 Å². The first-order valence-electron chi connectivity index (χ1n) is 9.08. The number of carbonyl (C=O) groups is 2. The van der Waals surface area contributed by atoms with Crippen LogP contribution in [-0.2, 0) is 4.79 Å². The summed E-state index contributed by atoms with van der Waals surface area (Å²) in [4.78, 5) is 30.6. The molecule has 138 valence electrons. The van der Waals surface area contributed by atoms with Gasteiger partial charge in [0.15, 0.2) is 12.9 Å². The van der Waals surface area contributed by atoms with Crippen molar-refractivity contribution in [3.63, 3.8) is 0 Å². The number of para-hydroxylation sites is 2. The number of carbonyl (C=O) groups excluding carboxylic acids is 2. The van der Waals surface area contributed by atoms with Crippen molar-refractivity contribution in [2.75, 3.05) is 13.2 Å². The van der Waals surface area contributed by atoms with E-state index in [1.54, 1.807) is 35.6 Å². The van der Waals surface area contributed by atoms with Gasteiger partial charge in [0.2, 0.25) is 0 Å². The summed E-state index contributed by atoms with van der Waals surface area (Å²) in [6, 6.07) is 15.0. The molecule has 2 heterocycles. The fourth-order valence-corrected chi connectivity index (χ4v) is 4.57. The number of piperidine rings is 1. The van der Waals surface area contributed by atoms with E-state index in [2.05, 4.69) is 6.07 Å². The summed E-state index contributed by atoms with van der Waals surface area (Å²) in [5, 5.41) is 0.984. The predicted octanol–water partition coefficient (Wildman–Crippen LogP) is 4.24. The Bertz CT molecular complexity index is 936. The highest BCUT2D eigenvalue weighted by Gasteiger charge is 2.30. The standard InChI is InChI=1S/C21H20N2O3S/c24-13-15-7-1-3-10-18(15)26-14-20(25)23-12-6-5-9-17(23)21-22-16-8-2-4-11-19(16)27-21/h1-4,7-8,10-11,13,17H,5-6,9,12,14H2. The van der Waals surface area contributed by atoms with E-state index < -0.39 is 0 Å². The second kappa shape index (κ2) is 7.88. The number of fused-ring (bicyclic) bond motifs is 1. The average Bonchev–Trinajstić information content (AvgIpc) is 3.16. The molecular formula is C21H20N2O3S. The van der Waals surface area contributed by atoms with Crippen LogP contribution in [-0.4, -0.2) is 35.2 Å². The van der Waals surface area contributed by atoms with Crippen molar-refractivity contribution in [1.29, 1.82) is 0 Å². The third-order valence-corrected chi connectivity index (χ3v) is 5.95. The van der Waals surface area contributed by atoms with E-state index in [0.717, 1.165) is 40.8 Å². The monoisotopic (exact) mass is 380 g/mol. The molecule has 1 aliphatic heterocycles. The highest BCUT2D eigenvalue weighted by molar-refractivity contribution is 7.18. The highest BCUT2D eigenvalue weighted by atomic mass is 32.1. The summed E-state index contributed by atoms with van der Waals surface area (Å²) in [7, 11) is 0. The summed E-state index contributed by atoms with van der Waals surface area (Å²) in [5.41, 5.74) is 1.43. The summed E-state index contributed by atoms with van der Waals surface area (Å²) in [5.74, 6) is 0.369. The van der Waals surface area contributed by atoms with Gasteiger partial charge in [0.05, 0.1) is 21.8 Å². The molecule has 0 spiro atoms. The Morgan fingerprint density at radius 2 is 2.00 bits per heavy atom. The van der Waals surface area contributed by atoms with Crippen LogP contribution in [0.5, 0.6) is 5.75 Å². The zero-order chi connectivity index (χ0) is 18.6. The molecule has 1 saturated heterocycles. The average molecular weight is 380 g/mol. The van der Waals surface area contributed by atoms with Crippen LogP contribution in [0.1, 0.15) is 40.7 Å². The van der Waals surface area contributed by atoms with Gasteiger partial charge in [0.25, 0.3) is 5.91 Å². The van der Waals surface area contributed by atoms with Gasteiger partial charge < -0.3 is 9.64 Å². The normalized spacial score (nSPS) is 17.0. The van der Waals surface area contributed by atoms with E-state index in [0.29, 0.717) is 17.9 Å². The van der Waals surface area contributed by atoms with E-state index in [1.165, 1.54) is 0 Å². The number of nitrogens with zero attached hydrogens (tertiary/aromatic N) is 2. The number of ether oxygens (including phenoxy) is 1. The minimum absolute atomic E-state index is 0.00596. The van der Waals surface area contributed by atoms with Gasteiger partial charge in [-0.05, 0) is 43.5 Å². The maximum atomic E-state index is 12.9. The minimum Gasteiger partial charge on any atom is -0.483 e. The van der Waals surface area contributed by atoms with E-state index in [4.69, 9.17) is 9.72 Å². The molecule has 0 N–H and O–H groups in total. The number of rotatable bonds is 5. The van der Waals surface area contributed by atoms with Crippen LogP contribution in [0, 0.1) is 0 Å². The molecule has 1 amide bonds. The van der Waals surface area contributed by atoms with Crippen LogP contribution in [0.4, 0.5) is 0 Å². The summed E-state index contributed by atoms with van der Waals surface area (Å²) < 4.78 is 6.79. The first-order valence-corrected chi connectivity index (χ1v) is 9.90. The Balaban J connectivity index is 1.51. The summed E-state index contributed by atoms with van der Waals surface area (Å²) >= 11 is 1.65. The van der Waals surface area contributed by atoms with E-state index in [9.17, 15) is 9.59 Å². The topological polar surface area (TPSA) is 59.5 Å². The highest BCUT2D eigenvalue weighted by Crippen LogP contribution is 2.35. The lowest BCUT2D eigenvalue weighted by Crippen LogP contribution is -2.41. The second-order valence-corrected chi connectivity index (χ2v) is 7.63. The molecule has 0 radical (unpaired) electrons. The van der Waals surface area contributed by atoms with Gasteiger partial charge in [-0.3, -0.25) is 9.59 Å². The molecule has 0 aliphatic carbocycles. The van der Waals surface area contributed by atoms with Crippen LogP contribution in [0.15, 0.2) is 48.5 Å². The Morgan fingerprint density at radius 1 is 1.19 bits per heavy atom. The molecule has 1 aliphatic rings. The molecule has 1 unspecified atom stereocenters.